The number of hydrogen-bond acceptors (Lipinski definition) is 2. The lowest BCUT2D eigenvalue weighted by Gasteiger charge is -2.24. The maximum absolute atomic E-state index is 10.8. The van der Waals surface area contributed by atoms with Crippen LogP contribution in [-0.2, 0) is 12.0 Å². The minimum Gasteiger partial charge on any atom is -0.497 e. The molecule has 2 aromatic rings. The second-order valence-electron chi connectivity index (χ2n) is 6.08. The molecule has 0 aliphatic carbocycles. The second kappa shape index (κ2) is 6.31. The molecular weight excluding hydrogens is 260 g/mol. The summed E-state index contributed by atoms with van der Waals surface area (Å²) < 4.78 is 5.23. The van der Waals surface area contributed by atoms with E-state index in [0.717, 1.165) is 16.9 Å². The SMILES string of the molecule is COc1cccc(C(C)(O)Cc2ccc(C(C)C)cc2)c1. The standard InChI is InChI=1S/C19H24O2/c1-14(2)16-10-8-15(9-11-16)13-19(3,20)17-6-5-7-18(12-17)21-4/h5-12,14,20H,13H2,1-4H3. The van der Waals surface area contributed by atoms with Crippen molar-refractivity contribution in [2.75, 3.05) is 7.11 Å². The van der Waals surface area contributed by atoms with Gasteiger partial charge in [0.05, 0.1) is 12.7 Å². The molecule has 1 N–H and O–H groups in total. The third kappa shape index (κ3) is 3.85. The molecule has 0 aliphatic rings. The second-order valence-corrected chi connectivity index (χ2v) is 6.08. The van der Waals surface area contributed by atoms with Crippen LogP contribution in [0.1, 0.15) is 43.4 Å². The molecule has 0 saturated carbocycles. The summed E-state index contributed by atoms with van der Waals surface area (Å²) in [6, 6.07) is 16.1. The molecule has 2 nitrogen and oxygen atoms in total. The van der Waals surface area contributed by atoms with Gasteiger partial charge in [-0.2, -0.15) is 0 Å². The van der Waals surface area contributed by atoms with Crippen molar-refractivity contribution in [2.45, 2.75) is 38.7 Å². The molecule has 1 atom stereocenters. The summed E-state index contributed by atoms with van der Waals surface area (Å²) in [7, 11) is 1.64. The van der Waals surface area contributed by atoms with E-state index in [1.54, 1.807) is 7.11 Å². The lowest BCUT2D eigenvalue weighted by molar-refractivity contribution is 0.0574. The zero-order valence-electron chi connectivity index (χ0n) is 13.3. The van der Waals surface area contributed by atoms with Gasteiger partial charge in [0.25, 0.3) is 0 Å². The Balaban J connectivity index is 2.19. The van der Waals surface area contributed by atoms with Gasteiger partial charge in [0.1, 0.15) is 5.75 Å². The monoisotopic (exact) mass is 284 g/mol. The Kier molecular flexibility index (Phi) is 4.69. The van der Waals surface area contributed by atoms with E-state index in [9.17, 15) is 5.11 Å². The van der Waals surface area contributed by atoms with Crippen molar-refractivity contribution in [3.05, 3.63) is 65.2 Å². The third-order valence-electron chi connectivity index (χ3n) is 3.89. The lowest BCUT2D eigenvalue weighted by Crippen LogP contribution is -2.24. The average Bonchev–Trinajstić information content (AvgIpc) is 2.47. The first-order valence-electron chi connectivity index (χ1n) is 7.38. The molecule has 2 rings (SSSR count). The van der Waals surface area contributed by atoms with Crippen LogP contribution in [0.2, 0.25) is 0 Å². The fourth-order valence-corrected chi connectivity index (χ4v) is 2.48. The Hall–Kier alpha value is -1.80. The molecule has 0 saturated heterocycles. The quantitative estimate of drug-likeness (QED) is 0.888. The van der Waals surface area contributed by atoms with Gasteiger partial charge in [-0.3, -0.25) is 0 Å². The van der Waals surface area contributed by atoms with E-state index in [-0.39, 0.29) is 0 Å². The molecule has 2 aromatic carbocycles. The fourth-order valence-electron chi connectivity index (χ4n) is 2.48. The van der Waals surface area contributed by atoms with Crippen LogP contribution in [0.3, 0.4) is 0 Å². The normalized spacial score (nSPS) is 14.0. The maximum atomic E-state index is 10.8. The van der Waals surface area contributed by atoms with Crippen molar-refractivity contribution in [1.29, 1.82) is 0 Å². The average molecular weight is 284 g/mol. The van der Waals surface area contributed by atoms with Gasteiger partial charge in [-0.15, -0.1) is 0 Å². The van der Waals surface area contributed by atoms with Crippen LogP contribution in [0.5, 0.6) is 5.75 Å². The highest BCUT2D eigenvalue weighted by Gasteiger charge is 2.24. The molecule has 0 heterocycles. The van der Waals surface area contributed by atoms with E-state index in [4.69, 9.17) is 4.74 Å². The number of methoxy groups -OCH3 is 1. The van der Waals surface area contributed by atoms with Gasteiger partial charge in [0.15, 0.2) is 0 Å². The van der Waals surface area contributed by atoms with Gasteiger partial charge in [0.2, 0.25) is 0 Å². The first-order chi connectivity index (χ1) is 9.92. The summed E-state index contributed by atoms with van der Waals surface area (Å²) in [5.74, 6) is 1.29. The van der Waals surface area contributed by atoms with Gasteiger partial charge >= 0.3 is 0 Å². The number of hydrogen-bond donors (Lipinski definition) is 1. The highest BCUT2D eigenvalue weighted by molar-refractivity contribution is 5.34. The maximum Gasteiger partial charge on any atom is 0.119 e. The Labute approximate surface area is 127 Å². The largest absolute Gasteiger partial charge is 0.497 e. The Morgan fingerprint density at radius 3 is 2.33 bits per heavy atom. The number of benzene rings is 2. The lowest BCUT2D eigenvalue weighted by atomic mass is 9.88. The van der Waals surface area contributed by atoms with Crippen LogP contribution in [0.15, 0.2) is 48.5 Å². The molecule has 0 aliphatic heterocycles. The minimum atomic E-state index is -0.909. The molecule has 0 spiro atoms. The topological polar surface area (TPSA) is 29.5 Å². The van der Waals surface area contributed by atoms with E-state index in [1.165, 1.54) is 5.56 Å². The molecule has 1 unspecified atom stereocenters. The highest BCUT2D eigenvalue weighted by atomic mass is 16.5. The molecule has 0 radical (unpaired) electrons. The molecule has 0 amide bonds. The predicted molar refractivity (Wildman–Crippen MR) is 86.8 cm³/mol. The number of rotatable bonds is 5. The zero-order chi connectivity index (χ0) is 15.5. The van der Waals surface area contributed by atoms with E-state index >= 15 is 0 Å². The molecule has 21 heavy (non-hydrogen) atoms. The van der Waals surface area contributed by atoms with Gasteiger partial charge in [-0.05, 0) is 41.7 Å². The summed E-state index contributed by atoms with van der Waals surface area (Å²) in [5.41, 5.74) is 2.41. The molecule has 0 aromatic heterocycles. The predicted octanol–water partition coefficient (Wildman–Crippen LogP) is 4.27. The smallest absolute Gasteiger partial charge is 0.119 e. The Morgan fingerprint density at radius 1 is 1.10 bits per heavy atom. The first-order valence-corrected chi connectivity index (χ1v) is 7.38. The van der Waals surface area contributed by atoms with Crippen molar-refractivity contribution in [1.82, 2.24) is 0 Å². The van der Waals surface area contributed by atoms with Gasteiger partial charge in [-0.25, -0.2) is 0 Å². The molecule has 112 valence electrons. The van der Waals surface area contributed by atoms with Crippen LogP contribution >= 0.6 is 0 Å². The van der Waals surface area contributed by atoms with Crippen molar-refractivity contribution in [3.63, 3.8) is 0 Å². The van der Waals surface area contributed by atoms with Crippen molar-refractivity contribution in [2.24, 2.45) is 0 Å². The first kappa shape index (κ1) is 15.6. The van der Waals surface area contributed by atoms with Crippen LogP contribution in [-0.4, -0.2) is 12.2 Å². The van der Waals surface area contributed by atoms with Crippen LogP contribution in [0.4, 0.5) is 0 Å². The van der Waals surface area contributed by atoms with Crippen LogP contribution < -0.4 is 4.74 Å². The summed E-state index contributed by atoms with van der Waals surface area (Å²) in [4.78, 5) is 0. The minimum absolute atomic E-state index is 0.526. The third-order valence-corrected chi connectivity index (χ3v) is 3.89. The van der Waals surface area contributed by atoms with Crippen LogP contribution in [0.25, 0.3) is 0 Å². The zero-order valence-corrected chi connectivity index (χ0v) is 13.3. The van der Waals surface area contributed by atoms with Crippen molar-refractivity contribution in [3.8, 4) is 5.75 Å². The highest BCUT2D eigenvalue weighted by Crippen LogP contribution is 2.28. The van der Waals surface area contributed by atoms with Crippen molar-refractivity contribution >= 4 is 0 Å². The van der Waals surface area contributed by atoms with E-state index in [0.29, 0.717) is 12.3 Å². The summed E-state index contributed by atoms with van der Waals surface area (Å²) in [6.07, 6.45) is 0.582. The molecular formula is C19H24O2. The summed E-state index contributed by atoms with van der Waals surface area (Å²) in [6.45, 7) is 6.21. The Bertz CT molecular complexity index is 583. The molecule has 0 bridgehead atoms. The molecule has 0 fully saturated rings. The van der Waals surface area contributed by atoms with Gasteiger partial charge in [-0.1, -0.05) is 50.2 Å². The van der Waals surface area contributed by atoms with Gasteiger partial charge < -0.3 is 9.84 Å². The number of ether oxygens (including phenoxy) is 1. The van der Waals surface area contributed by atoms with E-state index < -0.39 is 5.60 Å². The Morgan fingerprint density at radius 2 is 1.76 bits per heavy atom. The fraction of sp³-hybridized carbons (Fsp3) is 0.368. The van der Waals surface area contributed by atoms with E-state index in [1.807, 2.05) is 31.2 Å². The van der Waals surface area contributed by atoms with Crippen LogP contribution in [0, 0.1) is 0 Å². The summed E-state index contributed by atoms with van der Waals surface area (Å²) in [5, 5.41) is 10.8. The number of aliphatic hydroxyl groups is 1. The van der Waals surface area contributed by atoms with E-state index in [2.05, 4.69) is 38.1 Å². The van der Waals surface area contributed by atoms with Gasteiger partial charge in [0, 0.05) is 6.42 Å². The van der Waals surface area contributed by atoms with Crippen molar-refractivity contribution < 1.29 is 9.84 Å². The molecule has 2 heteroatoms. The summed E-state index contributed by atoms with van der Waals surface area (Å²) >= 11 is 0.